The summed E-state index contributed by atoms with van der Waals surface area (Å²) >= 11 is 0. The van der Waals surface area contributed by atoms with Crippen LogP contribution in [0.5, 0.6) is 17.2 Å². The third-order valence-electron chi connectivity index (χ3n) is 5.42. The molecule has 1 aromatic heterocycles. The van der Waals surface area contributed by atoms with Gasteiger partial charge in [-0.05, 0) is 79.8 Å². The van der Waals surface area contributed by atoms with E-state index < -0.39 is 0 Å². The summed E-state index contributed by atoms with van der Waals surface area (Å²) in [5.74, 6) is 1.30. The van der Waals surface area contributed by atoms with Crippen molar-refractivity contribution in [1.29, 1.82) is 0 Å². The second-order valence-corrected chi connectivity index (χ2v) is 7.58. The van der Waals surface area contributed by atoms with E-state index in [0.717, 1.165) is 36.1 Å². The number of aromatic amines is 1. The second kappa shape index (κ2) is 8.02. The maximum atomic E-state index is 12.8. The summed E-state index contributed by atoms with van der Waals surface area (Å²) in [4.78, 5) is 14.5. The summed E-state index contributed by atoms with van der Waals surface area (Å²) in [6, 6.07) is 8.81. The van der Waals surface area contributed by atoms with Crippen LogP contribution >= 0.6 is 0 Å². The molecule has 9 nitrogen and oxygen atoms in total. The number of anilines is 2. The van der Waals surface area contributed by atoms with E-state index in [4.69, 9.17) is 4.74 Å². The van der Waals surface area contributed by atoms with Crippen molar-refractivity contribution in [3.05, 3.63) is 47.0 Å². The highest BCUT2D eigenvalue weighted by Crippen LogP contribution is 2.34. The number of ether oxygens (including phenoxy) is 1. The second-order valence-electron chi connectivity index (χ2n) is 7.58. The molecule has 1 heterocycles. The number of aromatic nitrogens is 4. The van der Waals surface area contributed by atoms with E-state index in [9.17, 15) is 9.90 Å². The molecule has 156 valence electrons. The van der Waals surface area contributed by atoms with Crippen LogP contribution in [0.1, 0.15) is 40.7 Å². The Labute approximate surface area is 174 Å². The Bertz CT molecular complexity index is 1040. The average Bonchev–Trinajstić information content (AvgIpc) is 3.17. The number of carbonyl (C=O) groups is 1. The van der Waals surface area contributed by atoms with Crippen LogP contribution in [0.2, 0.25) is 0 Å². The quantitative estimate of drug-likeness (QED) is 0.570. The molecule has 1 fully saturated rings. The zero-order valence-electron chi connectivity index (χ0n) is 17.1. The lowest BCUT2D eigenvalue weighted by molar-refractivity contribution is 0.0648. The van der Waals surface area contributed by atoms with Gasteiger partial charge in [0.15, 0.2) is 0 Å². The zero-order valence-corrected chi connectivity index (χ0v) is 17.1. The predicted octanol–water partition coefficient (Wildman–Crippen LogP) is 3.68. The lowest BCUT2D eigenvalue weighted by Gasteiger charge is -2.34. The van der Waals surface area contributed by atoms with Crippen LogP contribution in [0.15, 0.2) is 30.3 Å². The normalized spacial score (nSPS) is 13.6. The molecule has 0 unspecified atom stereocenters. The fraction of sp³-hybridized carbons (Fsp3) is 0.333. The Morgan fingerprint density at radius 1 is 1.23 bits per heavy atom. The molecule has 4 rings (SSSR count). The SMILES string of the molecule is Cc1cc(Nc2nn[nH]n2)cc(C)c1Oc1ccc(O)c(C(=O)N(C)C2CCC2)c1. The molecule has 9 heteroatoms. The van der Waals surface area contributed by atoms with Crippen molar-refractivity contribution < 1.29 is 14.6 Å². The Morgan fingerprint density at radius 2 is 1.97 bits per heavy atom. The molecule has 2 aromatic carbocycles. The summed E-state index contributed by atoms with van der Waals surface area (Å²) in [5.41, 5.74) is 2.84. The monoisotopic (exact) mass is 408 g/mol. The number of phenolic OH excluding ortho intramolecular Hbond substituents is 1. The molecule has 3 aromatic rings. The Hall–Kier alpha value is -3.62. The number of nitrogens with zero attached hydrogens (tertiary/aromatic N) is 4. The smallest absolute Gasteiger partial charge is 0.267 e. The van der Waals surface area contributed by atoms with Crippen LogP contribution in [-0.2, 0) is 0 Å². The molecule has 3 N–H and O–H groups in total. The number of aromatic hydroxyl groups is 1. The van der Waals surface area contributed by atoms with Gasteiger partial charge in [0.2, 0.25) is 0 Å². The van der Waals surface area contributed by atoms with Gasteiger partial charge in [-0.1, -0.05) is 5.10 Å². The number of hydrogen-bond acceptors (Lipinski definition) is 7. The lowest BCUT2D eigenvalue weighted by atomic mass is 9.91. The summed E-state index contributed by atoms with van der Waals surface area (Å²) in [7, 11) is 1.78. The largest absolute Gasteiger partial charge is 0.507 e. The molecule has 0 aliphatic heterocycles. The fourth-order valence-electron chi connectivity index (χ4n) is 3.52. The van der Waals surface area contributed by atoms with E-state index in [1.807, 2.05) is 26.0 Å². The van der Waals surface area contributed by atoms with E-state index in [1.165, 1.54) is 6.07 Å². The first-order valence-corrected chi connectivity index (χ1v) is 9.82. The van der Waals surface area contributed by atoms with Gasteiger partial charge >= 0.3 is 0 Å². The van der Waals surface area contributed by atoms with Gasteiger partial charge in [0.05, 0.1) is 5.56 Å². The third-order valence-corrected chi connectivity index (χ3v) is 5.42. The number of nitrogens with one attached hydrogen (secondary N) is 2. The highest BCUT2D eigenvalue weighted by molar-refractivity contribution is 5.97. The average molecular weight is 408 g/mol. The molecule has 0 radical (unpaired) electrons. The molecule has 1 aliphatic carbocycles. The number of amides is 1. The van der Waals surface area contributed by atoms with E-state index in [0.29, 0.717) is 17.4 Å². The number of H-pyrrole nitrogens is 1. The van der Waals surface area contributed by atoms with Gasteiger partial charge in [0, 0.05) is 18.8 Å². The first-order valence-electron chi connectivity index (χ1n) is 9.82. The molecule has 0 bridgehead atoms. The van der Waals surface area contributed by atoms with Crippen LogP contribution in [-0.4, -0.2) is 49.6 Å². The number of carbonyl (C=O) groups excluding carboxylic acids is 1. The van der Waals surface area contributed by atoms with E-state index in [1.54, 1.807) is 24.1 Å². The van der Waals surface area contributed by atoms with Crippen molar-refractivity contribution in [3.8, 4) is 17.2 Å². The predicted molar refractivity (Wildman–Crippen MR) is 111 cm³/mol. The third kappa shape index (κ3) is 3.91. The van der Waals surface area contributed by atoms with Crippen molar-refractivity contribution in [1.82, 2.24) is 25.5 Å². The molecule has 0 saturated heterocycles. The van der Waals surface area contributed by atoms with Crippen LogP contribution in [0.3, 0.4) is 0 Å². The minimum absolute atomic E-state index is 0.0494. The topological polar surface area (TPSA) is 116 Å². The van der Waals surface area contributed by atoms with Crippen LogP contribution in [0.4, 0.5) is 11.6 Å². The molecule has 1 amide bonds. The highest BCUT2D eigenvalue weighted by atomic mass is 16.5. The minimum Gasteiger partial charge on any atom is -0.507 e. The van der Waals surface area contributed by atoms with Gasteiger partial charge in [-0.2, -0.15) is 5.21 Å². The Balaban J connectivity index is 1.56. The van der Waals surface area contributed by atoms with Crippen molar-refractivity contribution in [2.75, 3.05) is 12.4 Å². The van der Waals surface area contributed by atoms with Crippen LogP contribution in [0.25, 0.3) is 0 Å². The number of tetrazole rings is 1. The highest BCUT2D eigenvalue weighted by Gasteiger charge is 2.28. The lowest BCUT2D eigenvalue weighted by Crippen LogP contribution is -2.41. The summed E-state index contributed by atoms with van der Waals surface area (Å²) in [5, 5.41) is 27.0. The van der Waals surface area contributed by atoms with Crippen molar-refractivity contribution in [2.45, 2.75) is 39.2 Å². The molecule has 1 saturated carbocycles. The standard InChI is InChI=1S/C21H24N6O3/c1-12-9-14(22-21-23-25-26-24-21)10-13(2)19(12)30-16-7-8-18(28)17(11-16)20(29)27(3)15-5-4-6-15/h7-11,15,28H,4-6H2,1-3H3,(H2,22,23,24,25,26). The van der Waals surface area contributed by atoms with E-state index in [2.05, 4.69) is 25.9 Å². The van der Waals surface area contributed by atoms with Gasteiger partial charge in [0.1, 0.15) is 17.2 Å². The van der Waals surface area contributed by atoms with Crippen LogP contribution in [0, 0.1) is 13.8 Å². The number of phenols is 1. The van der Waals surface area contributed by atoms with Crippen molar-refractivity contribution >= 4 is 17.5 Å². The molecule has 0 atom stereocenters. The maximum Gasteiger partial charge on any atom is 0.267 e. The van der Waals surface area contributed by atoms with Gasteiger partial charge < -0.3 is 20.1 Å². The number of aryl methyl sites for hydroxylation is 2. The zero-order chi connectivity index (χ0) is 21.3. The molecule has 30 heavy (non-hydrogen) atoms. The fourth-order valence-corrected chi connectivity index (χ4v) is 3.52. The first-order chi connectivity index (χ1) is 14.4. The number of hydrogen-bond donors (Lipinski definition) is 3. The summed E-state index contributed by atoms with van der Waals surface area (Å²) in [6.45, 7) is 3.86. The van der Waals surface area contributed by atoms with Gasteiger partial charge in [-0.3, -0.25) is 4.79 Å². The summed E-state index contributed by atoms with van der Waals surface area (Å²) in [6.07, 6.45) is 3.14. The summed E-state index contributed by atoms with van der Waals surface area (Å²) < 4.78 is 6.10. The van der Waals surface area contributed by atoms with Crippen molar-refractivity contribution in [2.24, 2.45) is 0 Å². The molecular weight excluding hydrogens is 384 g/mol. The first kappa shape index (κ1) is 19.7. The van der Waals surface area contributed by atoms with Gasteiger partial charge in [-0.15, -0.1) is 5.10 Å². The van der Waals surface area contributed by atoms with Crippen LogP contribution < -0.4 is 10.1 Å². The number of rotatable bonds is 6. The number of benzene rings is 2. The van der Waals surface area contributed by atoms with Crippen molar-refractivity contribution in [3.63, 3.8) is 0 Å². The van der Waals surface area contributed by atoms with E-state index in [-0.39, 0.29) is 23.3 Å². The van der Waals surface area contributed by atoms with Gasteiger partial charge in [0.25, 0.3) is 11.9 Å². The van der Waals surface area contributed by atoms with Gasteiger partial charge in [-0.25, -0.2) is 0 Å². The Kier molecular flexibility index (Phi) is 5.26. The molecular formula is C21H24N6O3. The molecule has 1 aliphatic rings. The maximum absolute atomic E-state index is 12.8. The molecule has 0 spiro atoms. The Morgan fingerprint density at radius 3 is 2.57 bits per heavy atom. The minimum atomic E-state index is -0.198. The van der Waals surface area contributed by atoms with E-state index >= 15 is 0 Å².